The molecule has 0 unspecified atom stereocenters. The molecule has 0 radical (unpaired) electrons. The van der Waals surface area contributed by atoms with E-state index in [4.69, 9.17) is 0 Å². The third-order valence-corrected chi connectivity index (χ3v) is 6.18. The van der Waals surface area contributed by atoms with E-state index in [1.807, 2.05) is 0 Å². The fourth-order valence-corrected chi connectivity index (χ4v) is 5.03. The van der Waals surface area contributed by atoms with Crippen molar-refractivity contribution in [2.75, 3.05) is 0 Å². The van der Waals surface area contributed by atoms with Gasteiger partial charge in [0.25, 0.3) is 0 Å². The molecule has 140 valence electrons. The van der Waals surface area contributed by atoms with E-state index in [0.29, 0.717) is 0 Å². The van der Waals surface area contributed by atoms with Crippen LogP contribution in [-0.2, 0) is 10.8 Å². The van der Waals surface area contributed by atoms with Crippen LogP contribution >= 0.6 is 0 Å². The van der Waals surface area contributed by atoms with E-state index in [1.54, 1.807) is 0 Å². The highest BCUT2D eigenvalue weighted by Crippen LogP contribution is 2.45. The van der Waals surface area contributed by atoms with Crippen LogP contribution in [0.5, 0.6) is 0 Å². The van der Waals surface area contributed by atoms with Gasteiger partial charge in [-0.1, -0.05) is 96.1 Å². The Bertz CT molecular complexity index is 1350. The topological polar surface area (TPSA) is 0 Å². The minimum Gasteiger partial charge on any atom is -0.0616 e. The van der Waals surface area contributed by atoms with E-state index in [1.165, 1.54) is 54.2 Å². The van der Waals surface area contributed by atoms with Gasteiger partial charge in [0.05, 0.1) is 0 Å². The predicted octanol–water partition coefficient (Wildman–Crippen LogP) is 8.33. The van der Waals surface area contributed by atoms with Gasteiger partial charge in [0.15, 0.2) is 0 Å². The Morgan fingerprint density at radius 2 is 1.11 bits per heavy atom. The second kappa shape index (κ2) is 5.47. The van der Waals surface area contributed by atoms with Gasteiger partial charge >= 0.3 is 0 Å². The maximum absolute atomic E-state index is 2.46. The minimum atomic E-state index is 0.0903. The average Bonchev–Trinajstić information content (AvgIpc) is 2.63. The largest absolute Gasteiger partial charge is 0.0616 e. The van der Waals surface area contributed by atoms with Gasteiger partial charge in [0.1, 0.15) is 0 Å². The maximum atomic E-state index is 2.46. The normalized spacial score (nSPS) is 13.4. The highest BCUT2D eigenvalue weighted by molar-refractivity contribution is 6.29. The van der Waals surface area contributed by atoms with E-state index in [2.05, 4.69) is 102 Å². The fraction of sp³-hybridized carbons (Fsp3) is 0.286. The molecule has 0 heteroatoms. The van der Waals surface area contributed by atoms with Crippen LogP contribution in [0.25, 0.3) is 43.1 Å². The first kappa shape index (κ1) is 17.5. The molecule has 5 aromatic rings. The third-order valence-electron chi connectivity index (χ3n) is 6.18. The SMILES string of the molecule is CC(C)(C)c1cc2ccc3c4ccccc4cc4ccc(c1C(C)(C)C)c2c43. The van der Waals surface area contributed by atoms with Crippen molar-refractivity contribution in [3.05, 3.63) is 71.8 Å². The van der Waals surface area contributed by atoms with E-state index < -0.39 is 0 Å². The van der Waals surface area contributed by atoms with Crippen molar-refractivity contribution < 1.29 is 0 Å². The van der Waals surface area contributed by atoms with Crippen molar-refractivity contribution >= 4 is 43.1 Å². The van der Waals surface area contributed by atoms with E-state index in [0.717, 1.165) is 0 Å². The molecule has 0 heterocycles. The molecule has 0 N–H and O–H groups in total. The second-order valence-corrected chi connectivity index (χ2v) is 10.3. The van der Waals surface area contributed by atoms with Gasteiger partial charge in [0, 0.05) is 0 Å². The van der Waals surface area contributed by atoms with Crippen LogP contribution in [0.4, 0.5) is 0 Å². The second-order valence-electron chi connectivity index (χ2n) is 10.3. The summed E-state index contributed by atoms with van der Waals surface area (Å²) in [5.41, 5.74) is 3.16. The molecule has 0 nitrogen and oxygen atoms in total. The molecule has 0 saturated heterocycles. The highest BCUT2D eigenvalue weighted by Gasteiger charge is 2.28. The Labute approximate surface area is 167 Å². The third kappa shape index (κ3) is 2.37. The first-order chi connectivity index (χ1) is 13.2. The smallest absolute Gasteiger partial charge is 0.00202 e. The molecule has 0 spiro atoms. The quantitative estimate of drug-likeness (QED) is 0.191. The zero-order valence-electron chi connectivity index (χ0n) is 17.8. The highest BCUT2D eigenvalue weighted by atomic mass is 14.3. The van der Waals surface area contributed by atoms with Gasteiger partial charge in [0.2, 0.25) is 0 Å². The van der Waals surface area contributed by atoms with Gasteiger partial charge in [-0.3, -0.25) is 0 Å². The summed E-state index contributed by atoms with van der Waals surface area (Å²) in [5.74, 6) is 0. The van der Waals surface area contributed by atoms with Crippen LogP contribution in [0, 0.1) is 0 Å². The maximum Gasteiger partial charge on any atom is -0.00202 e. The summed E-state index contributed by atoms with van der Waals surface area (Å²) in [6.45, 7) is 14.1. The Balaban J connectivity index is 2.08. The molecule has 0 bridgehead atoms. The van der Waals surface area contributed by atoms with Gasteiger partial charge < -0.3 is 0 Å². The molecule has 5 rings (SSSR count). The fourth-order valence-electron chi connectivity index (χ4n) is 5.03. The summed E-state index contributed by atoms with van der Waals surface area (Å²) in [5, 5.41) is 11.0. The van der Waals surface area contributed by atoms with Crippen molar-refractivity contribution in [2.45, 2.75) is 52.4 Å². The molecule has 0 saturated carbocycles. The first-order valence-corrected chi connectivity index (χ1v) is 10.3. The zero-order valence-corrected chi connectivity index (χ0v) is 17.8. The lowest BCUT2D eigenvalue weighted by molar-refractivity contribution is 0.535. The van der Waals surface area contributed by atoms with E-state index in [-0.39, 0.29) is 10.8 Å². The molecule has 0 atom stereocenters. The van der Waals surface area contributed by atoms with Gasteiger partial charge in [-0.15, -0.1) is 0 Å². The van der Waals surface area contributed by atoms with Crippen LogP contribution in [0.1, 0.15) is 52.7 Å². The Morgan fingerprint density at radius 1 is 0.500 bits per heavy atom. The number of fused-ring (bicyclic) bond motifs is 2. The Hall–Kier alpha value is -2.60. The predicted molar refractivity (Wildman–Crippen MR) is 125 cm³/mol. The van der Waals surface area contributed by atoms with Crippen molar-refractivity contribution in [1.29, 1.82) is 0 Å². The van der Waals surface area contributed by atoms with Crippen LogP contribution in [0.3, 0.4) is 0 Å². The lowest BCUT2D eigenvalue weighted by Gasteiger charge is -2.32. The lowest BCUT2D eigenvalue weighted by atomic mass is 9.72. The van der Waals surface area contributed by atoms with Crippen molar-refractivity contribution in [3.63, 3.8) is 0 Å². The van der Waals surface area contributed by atoms with Crippen molar-refractivity contribution in [2.24, 2.45) is 0 Å². The summed E-state index contributed by atoms with van der Waals surface area (Å²) in [6.07, 6.45) is 0. The Morgan fingerprint density at radius 3 is 1.79 bits per heavy atom. The molecule has 0 aliphatic rings. The summed E-state index contributed by atoms with van der Waals surface area (Å²) < 4.78 is 0. The Kier molecular flexibility index (Phi) is 3.42. The van der Waals surface area contributed by atoms with Crippen molar-refractivity contribution in [3.8, 4) is 0 Å². The van der Waals surface area contributed by atoms with Crippen LogP contribution < -0.4 is 0 Å². The molecular weight excluding hydrogens is 336 g/mol. The minimum absolute atomic E-state index is 0.0903. The first-order valence-electron chi connectivity index (χ1n) is 10.3. The summed E-state index contributed by atoms with van der Waals surface area (Å²) in [6, 6.07) is 22.9. The molecule has 28 heavy (non-hydrogen) atoms. The van der Waals surface area contributed by atoms with E-state index >= 15 is 0 Å². The number of hydrogen-bond acceptors (Lipinski definition) is 0. The van der Waals surface area contributed by atoms with Gasteiger partial charge in [-0.25, -0.2) is 0 Å². The van der Waals surface area contributed by atoms with Crippen LogP contribution in [0.15, 0.2) is 60.7 Å². The summed E-state index contributed by atoms with van der Waals surface area (Å²) >= 11 is 0. The summed E-state index contributed by atoms with van der Waals surface area (Å²) in [7, 11) is 0. The average molecular weight is 365 g/mol. The summed E-state index contributed by atoms with van der Waals surface area (Å²) in [4.78, 5) is 0. The molecule has 0 aromatic heterocycles. The van der Waals surface area contributed by atoms with Crippen LogP contribution in [-0.4, -0.2) is 0 Å². The lowest BCUT2D eigenvalue weighted by Crippen LogP contribution is -2.22. The number of rotatable bonds is 0. The molecule has 5 aromatic carbocycles. The molecule has 0 aliphatic heterocycles. The molecule has 0 amide bonds. The molecule has 0 aliphatic carbocycles. The monoisotopic (exact) mass is 364 g/mol. The zero-order chi connectivity index (χ0) is 19.8. The standard InChI is InChI=1S/C28H28/c1-27(2,3)23-16-19-11-13-21-20-10-8-7-9-17(20)15-18-12-14-22(25(19)24(18)21)26(23)28(4,5)6/h7-16H,1-6H3. The number of benzene rings is 5. The van der Waals surface area contributed by atoms with E-state index in [9.17, 15) is 0 Å². The number of hydrogen-bond donors (Lipinski definition) is 0. The molecule has 0 fully saturated rings. The van der Waals surface area contributed by atoms with Gasteiger partial charge in [-0.05, 0) is 71.1 Å². The van der Waals surface area contributed by atoms with Gasteiger partial charge in [-0.2, -0.15) is 0 Å². The van der Waals surface area contributed by atoms with Crippen LogP contribution in [0.2, 0.25) is 0 Å². The van der Waals surface area contributed by atoms with Crippen molar-refractivity contribution in [1.82, 2.24) is 0 Å². The molecular formula is C28H28.